The summed E-state index contributed by atoms with van der Waals surface area (Å²) in [7, 11) is 0. The fourth-order valence-electron chi connectivity index (χ4n) is 1.73. The molecule has 0 spiro atoms. The van der Waals surface area contributed by atoms with Gasteiger partial charge in [0.25, 0.3) is 0 Å². The number of piperidine rings is 1. The van der Waals surface area contributed by atoms with Crippen molar-refractivity contribution in [1.29, 1.82) is 0 Å². The molecule has 0 radical (unpaired) electrons. The summed E-state index contributed by atoms with van der Waals surface area (Å²) in [6, 6.07) is 0.543. The Morgan fingerprint density at radius 1 is 1.46 bits per heavy atom. The zero-order chi connectivity index (χ0) is 9.10. The van der Waals surface area contributed by atoms with Crippen LogP contribution in [0.3, 0.4) is 0 Å². The van der Waals surface area contributed by atoms with E-state index in [4.69, 9.17) is 5.73 Å². The summed E-state index contributed by atoms with van der Waals surface area (Å²) >= 11 is 0. The predicted molar refractivity (Wildman–Crippen MR) is 50.1 cm³/mol. The van der Waals surface area contributed by atoms with Gasteiger partial charge in [-0.05, 0) is 19.4 Å². The number of nitrogen functional groups attached to an aromatic ring is 1. The predicted octanol–water partition coefficient (Wildman–Crippen LogP) is 0.0715. The van der Waals surface area contributed by atoms with E-state index in [1.54, 1.807) is 0 Å². The van der Waals surface area contributed by atoms with Crippen molar-refractivity contribution in [3.8, 4) is 0 Å². The van der Waals surface area contributed by atoms with Gasteiger partial charge in [-0.1, -0.05) is 6.42 Å². The highest BCUT2D eigenvalue weighted by molar-refractivity contribution is 5.13. The van der Waals surface area contributed by atoms with Crippen LogP contribution in [-0.2, 0) is 6.42 Å². The number of rotatable bonds is 2. The second-order valence-electron chi connectivity index (χ2n) is 3.49. The molecule has 2 rings (SSSR count). The topological polar surface area (TPSA) is 79.6 Å². The van der Waals surface area contributed by atoms with Crippen LogP contribution >= 0.6 is 0 Å². The van der Waals surface area contributed by atoms with Crippen molar-refractivity contribution >= 4 is 5.95 Å². The Kier molecular flexibility index (Phi) is 2.44. The van der Waals surface area contributed by atoms with Gasteiger partial charge < -0.3 is 11.1 Å². The Balaban J connectivity index is 1.89. The number of nitrogens with two attached hydrogens (primary N) is 1. The molecule has 72 valence electrons. The highest BCUT2D eigenvalue weighted by atomic mass is 15.3. The first-order valence-electron chi connectivity index (χ1n) is 4.75. The lowest BCUT2D eigenvalue weighted by Crippen LogP contribution is -2.35. The monoisotopic (exact) mass is 181 g/mol. The normalized spacial score (nSPS) is 23.2. The molecule has 2 heterocycles. The molecule has 0 aromatic carbocycles. The maximum absolute atomic E-state index is 5.41. The van der Waals surface area contributed by atoms with Crippen LogP contribution in [0.25, 0.3) is 0 Å². The maximum Gasteiger partial charge on any atom is 0.239 e. The van der Waals surface area contributed by atoms with Crippen LogP contribution in [0, 0.1) is 0 Å². The second-order valence-corrected chi connectivity index (χ2v) is 3.49. The lowest BCUT2D eigenvalue weighted by molar-refractivity contribution is 0.394. The first kappa shape index (κ1) is 8.50. The minimum Gasteiger partial charge on any atom is -0.367 e. The van der Waals surface area contributed by atoms with Gasteiger partial charge in [-0.25, -0.2) is 0 Å². The van der Waals surface area contributed by atoms with Crippen molar-refractivity contribution in [1.82, 2.24) is 20.5 Å². The third kappa shape index (κ3) is 2.18. The van der Waals surface area contributed by atoms with Gasteiger partial charge in [0.15, 0.2) is 0 Å². The smallest absolute Gasteiger partial charge is 0.239 e. The third-order valence-corrected chi connectivity index (χ3v) is 2.40. The van der Waals surface area contributed by atoms with Crippen molar-refractivity contribution in [3.63, 3.8) is 0 Å². The summed E-state index contributed by atoms with van der Waals surface area (Å²) < 4.78 is 0. The molecule has 5 heteroatoms. The van der Waals surface area contributed by atoms with Gasteiger partial charge in [-0.3, -0.25) is 5.10 Å². The molecule has 0 saturated carbocycles. The molecule has 0 amide bonds. The van der Waals surface area contributed by atoms with Crippen LogP contribution < -0.4 is 11.1 Å². The van der Waals surface area contributed by atoms with Gasteiger partial charge in [0.1, 0.15) is 5.82 Å². The Morgan fingerprint density at radius 2 is 2.38 bits per heavy atom. The first-order chi connectivity index (χ1) is 6.34. The molecule has 1 saturated heterocycles. The van der Waals surface area contributed by atoms with E-state index in [2.05, 4.69) is 20.5 Å². The minimum atomic E-state index is 0.339. The van der Waals surface area contributed by atoms with E-state index in [1.807, 2.05) is 0 Å². The second kappa shape index (κ2) is 3.74. The highest BCUT2D eigenvalue weighted by Gasteiger charge is 2.14. The molecule has 1 aromatic rings. The number of hydrogen-bond donors (Lipinski definition) is 3. The van der Waals surface area contributed by atoms with Crippen LogP contribution in [0.4, 0.5) is 5.95 Å². The molecular weight excluding hydrogens is 166 g/mol. The fourth-order valence-corrected chi connectivity index (χ4v) is 1.73. The molecule has 5 nitrogen and oxygen atoms in total. The molecule has 1 aliphatic rings. The van der Waals surface area contributed by atoms with Gasteiger partial charge in [-0.2, -0.15) is 4.98 Å². The van der Waals surface area contributed by atoms with Crippen molar-refractivity contribution in [2.75, 3.05) is 12.3 Å². The highest BCUT2D eigenvalue weighted by Crippen LogP contribution is 2.10. The fraction of sp³-hybridized carbons (Fsp3) is 0.750. The number of aromatic amines is 1. The number of nitrogens with one attached hydrogen (secondary N) is 2. The van der Waals surface area contributed by atoms with Crippen LogP contribution in [0.5, 0.6) is 0 Å². The average Bonchev–Trinajstić information content (AvgIpc) is 2.53. The van der Waals surface area contributed by atoms with Gasteiger partial charge in [0, 0.05) is 12.5 Å². The van der Waals surface area contributed by atoms with Crippen molar-refractivity contribution in [2.24, 2.45) is 0 Å². The van der Waals surface area contributed by atoms with E-state index in [0.717, 1.165) is 18.8 Å². The largest absolute Gasteiger partial charge is 0.367 e. The molecule has 1 atom stereocenters. The maximum atomic E-state index is 5.41. The van der Waals surface area contributed by atoms with Gasteiger partial charge >= 0.3 is 0 Å². The molecule has 0 aliphatic carbocycles. The van der Waals surface area contributed by atoms with E-state index in [1.165, 1.54) is 19.3 Å². The van der Waals surface area contributed by atoms with Crippen molar-refractivity contribution in [3.05, 3.63) is 5.82 Å². The van der Waals surface area contributed by atoms with Crippen LogP contribution in [0.15, 0.2) is 0 Å². The van der Waals surface area contributed by atoms with Crippen LogP contribution in [0.1, 0.15) is 25.1 Å². The third-order valence-electron chi connectivity index (χ3n) is 2.40. The van der Waals surface area contributed by atoms with Gasteiger partial charge in [-0.15, -0.1) is 5.10 Å². The summed E-state index contributed by atoms with van der Waals surface area (Å²) in [5.74, 6) is 1.22. The Morgan fingerprint density at radius 3 is 3.00 bits per heavy atom. The summed E-state index contributed by atoms with van der Waals surface area (Å²) in [5, 5.41) is 10.1. The summed E-state index contributed by atoms with van der Waals surface area (Å²) in [4.78, 5) is 4.08. The number of aromatic nitrogens is 3. The molecule has 0 bridgehead atoms. The average molecular weight is 181 g/mol. The number of hydrogen-bond acceptors (Lipinski definition) is 4. The van der Waals surface area contributed by atoms with Crippen LogP contribution in [0.2, 0.25) is 0 Å². The van der Waals surface area contributed by atoms with Gasteiger partial charge in [0.2, 0.25) is 5.95 Å². The Labute approximate surface area is 77.1 Å². The van der Waals surface area contributed by atoms with Crippen LogP contribution in [-0.4, -0.2) is 27.8 Å². The van der Waals surface area contributed by atoms with Crippen molar-refractivity contribution in [2.45, 2.75) is 31.7 Å². The zero-order valence-electron chi connectivity index (χ0n) is 7.58. The lowest BCUT2D eigenvalue weighted by Gasteiger charge is -2.22. The van der Waals surface area contributed by atoms with Crippen molar-refractivity contribution < 1.29 is 0 Å². The molecule has 1 unspecified atom stereocenters. The standard InChI is InChI=1S/C8H15N5/c9-8-11-7(12-13-8)5-6-3-1-2-4-10-6/h6,10H,1-5H2,(H3,9,11,12,13). The van der Waals surface area contributed by atoms with E-state index < -0.39 is 0 Å². The molecule has 1 aliphatic heterocycles. The summed E-state index contributed by atoms with van der Waals surface area (Å²) in [6.07, 6.45) is 4.72. The van der Waals surface area contributed by atoms with E-state index in [0.29, 0.717) is 12.0 Å². The lowest BCUT2D eigenvalue weighted by atomic mass is 10.0. The van der Waals surface area contributed by atoms with E-state index in [-0.39, 0.29) is 0 Å². The zero-order valence-corrected chi connectivity index (χ0v) is 7.58. The van der Waals surface area contributed by atoms with Gasteiger partial charge in [0.05, 0.1) is 0 Å². The minimum absolute atomic E-state index is 0.339. The molecule has 1 aromatic heterocycles. The first-order valence-corrected chi connectivity index (χ1v) is 4.75. The number of H-pyrrole nitrogens is 1. The Hall–Kier alpha value is -1.10. The molecule has 4 N–H and O–H groups in total. The molecule has 13 heavy (non-hydrogen) atoms. The molecule has 1 fully saturated rings. The quantitative estimate of drug-likeness (QED) is 0.603. The number of anilines is 1. The van der Waals surface area contributed by atoms with E-state index in [9.17, 15) is 0 Å². The number of nitrogens with zero attached hydrogens (tertiary/aromatic N) is 2. The SMILES string of the molecule is Nc1n[nH]c(CC2CCCCN2)n1. The van der Waals surface area contributed by atoms with E-state index >= 15 is 0 Å². The summed E-state index contributed by atoms with van der Waals surface area (Å²) in [5.41, 5.74) is 5.41. The summed E-state index contributed by atoms with van der Waals surface area (Å²) in [6.45, 7) is 1.12. The Bertz CT molecular complexity index is 263. The molecular formula is C8H15N5.